The molecular formula is C14H18N2O. The fraction of sp³-hybridized carbons (Fsp3) is 0.429. The first kappa shape index (κ1) is 13.2. The minimum absolute atomic E-state index is 0.116. The molecule has 0 unspecified atom stereocenters. The van der Waals surface area contributed by atoms with Crippen LogP contribution in [0.4, 0.5) is 0 Å². The van der Waals surface area contributed by atoms with E-state index in [-0.39, 0.29) is 5.91 Å². The van der Waals surface area contributed by atoms with Crippen molar-refractivity contribution < 1.29 is 4.79 Å². The lowest BCUT2D eigenvalue weighted by atomic mass is 9.95. The Labute approximate surface area is 102 Å². The van der Waals surface area contributed by atoms with Gasteiger partial charge in [-0.1, -0.05) is 12.1 Å². The van der Waals surface area contributed by atoms with Crippen molar-refractivity contribution in [3.8, 4) is 6.07 Å². The van der Waals surface area contributed by atoms with E-state index in [2.05, 4.69) is 11.4 Å². The van der Waals surface area contributed by atoms with Crippen LogP contribution in [0.1, 0.15) is 35.3 Å². The second-order valence-electron chi connectivity index (χ2n) is 4.93. The highest BCUT2D eigenvalue weighted by atomic mass is 16.1. The van der Waals surface area contributed by atoms with E-state index in [0.717, 1.165) is 11.1 Å². The number of aryl methyl sites for hydroxylation is 1. The zero-order valence-corrected chi connectivity index (χ0v) is 10.8. The van der Waals surface area contributed by atoms with Crippen molar-refractivity contribution in [1.29, 1.82) is 5.26 Å². The fourth-order valence-corrected chi connectivity index (χ4v) is 1.43. The lowest BCUT2D eigenvalue weighted by molar-refractivity contribution is 0.0943. The number of nitrogens with zero attached hydrogens (tertiary/aromatic N) is 1. The highest BCUT2D eigenvalue weighted by Crippen LogP contribution is 2.14. The molecule has 3 heteroatoms. The molecule has 3 nitrogen and oxygen atoms in total. The topological polar surface area (TPSA) is 52.9 Å². The van der Waals surface area contributed by atoms with E-state index in [4.69, 9.17) is 5.26 Å². The van der Waals surface area contributed by atoms with E-state index in [1.54, 1.807) is 19.9 Å². The lowest BCUT2D eigenvalue weighted by Crippen LogP contribution is -2.33. The molecule has 0 aromatic heterocycles. The van der Waals surface area contributed by atoms with Crippen molar-refractivity contribution in [2.24, 2.45) is 5.41 Å². The van der Waals surface area contributed by atoms with Gasteiger partial charge >= 0.3 is 0 Å². The molecule has 0 heterocycles. The van der Waals surface area contributed by atoms with Crippen molar-refractivity contribution >= 4 is 5.91 Å². The Morgan fingerprint density at radius 1 is 1.41 bits per heavy atom. The van der Waals surface area contributed by atoms with Gasteiger partial charge in [-0.3, -0.25) is 4.79 Å². The molecule has 1 amide bonds. The van der Waals surface area contributed by atoms with Crippen LogP contribution in [0.5, 0.6) is 0 Å². The first-order valence-electron chi connectivity index (χ1n) is 5.63. The molecule has 1 aromatic rings. The standard InChI is InChI=1S/C14H18N2O/c1-10-6-5-7-12(11(10)2)13(17)16-9-14(3,4)8-15/h5-7H,9H2,1-4H3,(H,16,17). The molecule has 0 spiro atoms. The Morgan fingerprint density at radius 3 is 2.65 bits per heavy atom. The first-order chi connectivity index (χ1) is 7.87. The monoisotopic (exact) mass is 230 g/mol. The molecule has 0 fully saturated rings. The third kappa shape index (κ3) is 3.32. The number of nitrogens with one attached hydrogen (secondary N) is 1. The van der Waals surface area contributed by atoms with Crippen LogP contribution in [0.2, 0.25) is 0 Å². The molecule has 1 N–H and O–H groups in total. The number of hydrogen-bond donors (Lipinski definition) is 1. The van der Waals surface area contributed by atoms with Crippen LogP contribution in [-0.2, 0) is 0 Å². The van der Waals surface area contributed by atoms with Gasteiger partial charge in [0.15, 0.2) is 0 Å². The quantitative estimate of drug-likeness (QED) is 0.867. The van der Waals surface area contributed by atoms with E-state index in [0.29, 0.717) is 12.1 Å². The third-order valence-electron chi connectivity index (χ3n) is 2.84. The van der Waals surface area contributed by atoms with E-state index in [9.17, 15) is 4.79 Å². The molecule has 1 rings (SSSR count). The summed E-state index contributed by atoms with van der Waals surface area (Å²) >= 11 is 0. The van der Waals surface area contributed by atoms with Gasteiger partial charge in [-0.25, -0.2) is 0 Å². The molecule has 17 heavy (non-hydrogen) atoms. The number of amides is 1. The van der Waals surface area contributed by atoms with Crippen molar-refractivity contribution in [3.63, 3.8) is 0 Å². The summed E-state index contributed by atoms with van der Waals surface area (Å²) < 4.78 is 0. The van der Waals surface area contributed by atoms with E-state index < -0.39 is 5.41 Å². The van der Waals surface area contributed by atoms with Gasteiger partial charge in [-0.15, -0.1) is 0 Å². The minimum atomic E-state index is -0.534. The molecule has 0 saturated carbocycles. The van der Waals surface area contributed by atoms with Gasteiger partial charge < -0.3 is 5.32 Å². The second kappa shape index (κ2) is 5.01. The third-order valence-corrected chi connectivity index (χ3v) is 2.84. The maximum Gasteiger partial charge on any atom is 0.251 e. The van der Waals surface area contributed by atoms with Gasteiger partial charge in [-0.05, 0) is 44.9 Å². The molecule has 0 atom stereocenters. The Balaban J connectivity index is 2.79. The molecule has 0 aliphatic rings. The van der Waals surface area contributed by atoms with Crippen LogP contribution in [-0.4, -0.2) is 12.5 Å². The smallest absolute Gasteiger partial charge is 0.251 e. The van der Waals surface area contributed by atoms with Crippen LogP contribution >= 0.6 is 0 Å². The highest BCUT2D eigenvalue weighted by Gasteiger charge is 2.18. The maximum absolute atomic E-state index is 12.0. The predicted molar refractivity (Wildman–Crippen MR) is 67.6 cm³/mol. The minimum Gasteiger partial charge on any atom is -0.350 e. The molecule has 0 aliphatic heterocycles. The average Bonchev–Trinajstić information content (AvgIpc) is 2.30. The van der Waals surface area contributed by atoms with Crippen molar-refractivity contribution in [1.82, 2.24) is 5.32 Å². The van der Waals surface area contributed by atoms with Crippen LogP contribution < -0.4 is 5.32 Å². The molecule has 0 radical (unpaired) electrons. The molecular weight excluding hydrogens is 212 g/mol. The van der Waals surface area contributed by atoms with Gasteiger partial charge in [-0.2, -0.15) is 5.26 Å². The first-order valence-corrected chi connectivity index (χ1v) is 5.63. The lowest BCUT2D eigenvalue weighted by Gasteiger charge is -2.16. The predicted octanol–water partition coefficient (Wildman–Crippen LogP) is 2.58. The largest absolute Gasteiger partial charge is 0.350 e. The molecule has 1 aromatic carbocycles. The van der Waals surface area contributed by atoms with Crippen LogP contribution in [0.25, 0.3) is 0 Å². The summed E-state index contributed by atoms with van der Waals surface area (Å²) in [4.78, 5) is 12.0. The van der Waals surface area contributed by atoms with Crippen molar-refractivity contribution in [3.05, 3.63) is 34.9 Å². The number of carbonyl (C=O) groups is 1. The highest BCUT2D eigenvalue weighted by molar-refractivity contribution is 5.95. The Bertz CT molecular complexity index is 470. The van der Waals surface area contributed by atoms with Crippen molar-refractivity contribution in [2.45, 2.75) is 27.7 Å². The van der Waals surface area contributed by atoms with E-state index in [1.165, 1.54) is 0 Å². The maximum atomic E-state index is 12.0. The molecule has 0 aliphatic carbocycles. The summed E-state index contributed by atoms with van der Waals surface area (Å²) in [5.41, 5.74) is 2.23. The second-order valence-corrected chi connectivity index (χ2v) is 4.93. The van der Waals surface area contributed by atoms with E-state index in [1.807, 2.05) is 26.0 Å². The summed E-state index contributed by atoms with van der Waals surface area (Å²) in [5.74, 6) is -0.116. The number of benzene rings is 1. The number of hydrogen-bond acceptors (Lipinski definition) is 2. The average molecular weight is 230 g/mol. The normalized spacial score (nSPS) is 10.8. The number of nitriles is 1. The zero-order chi connectivity index (χ0) is 13.1. The Kier molecular flexibility index (Phi) is 3.90. The van der Waals surface area contributed by atoms with Crippen molar-refractivity contribution in [2.75, 3.05) is 6.54 Å². The Morgan fingerprint density at radius 2 is 2.06 bits per heavy atom. The van der Waals surface area contributed by atoms with Gasteiger partial charge in [0.2, 0.25) is 0 Å². The summed E-state index contributed by atoms with van der Waals surface area (Å²) in [6, 6.07) is 7.81. The van der Waals surface area contributed by atoms with Crippen LogP contribution in [0.15, 0.2) is 18.2 Å². The molecule has 0 bridgehead atoms. The van der Waals surface area contributed by atoms with Crippen LogP contribution in [0, 0.1) is 30.6 Å². The summed E-state index contributed by atoms with van der Waals surface area (Å²) in [5, 5.41) is 11.7. The van der Waals surface area contributed by atoms with Gasteiger partial charge in [0.25, 0.3) is 5.91 Å². The summed E-state index contributed by atoms with van der Waals surface area (Å²) in [6.07, 6.45) is 0. The van der Waals surface area contributed by atoms with Gasteiger partial charge in [0, 0.05) is 12.1 Å². The van der Waals surface area contributed by atoms with Gasteiger partial charge in [0.05, 0.1) is 11.5 Å². The summed E-state index contributed by atoms with van der Waals surface area (Å²) in [6.45, 7) is 7.87. The van der Waals surface area contributed by atoms with Gasteiger partial charge in [0.1, 0.15) is 0 Å². The number of carbonyl (C=O) groups excluding carboxylic acids is 1. The molecule has 0 saturated heterocycles. The fourth-order valence-electron chi connectivity index (χ4n) is 1.43. The summed E-state index contributed by atoms with van der Waals surface area (Å²) in [7, 11) is 0. The van der Waals surface area contributed by atoms with Crippen LogP contribution in [0.3, 0.4) is 0 Å². The molecule has 90 valence electrons. The van der Waals surface area contributed by atoms with E-state index >= 15 is 0 Å². The number of rotatable bonds is 3. The zero-order valence-electron chi connectivity index (χ0n) is 10.8. The Hall–Kier alpha value is -1.82. The SMILES string of the molecule is Cc1cccc(C(=O)NCC(C)(C)C#N)c1C.